The van der Waals surface area contributed by atoms with Gasteiger partial charge in [-0.05, 0) is 24.3 Å². The van der Waals surface area contributed by atoms with Crippen molar-refractivity contribution in [2.24, 2.45) is 0 Å². The van der Waals surface area contributed by atoms with Crippen LogP contribution >= 0.6 is 34.8 Å². The molecule has 0 radical (unpaired) electrons. The largest absolute Gasteiger partial charge is 0.490 e. The van der Waals surface area contributed by atoms with Crippen molar-refractivity contribution < 1.29 is 37.0 Å². The number of hydrogen-bond acceptors (Lipinski definition) is 5. The van der Waals surface area contributed by atoms with Gasteiger partial charge < -0.3 is 19.7 Å². The maximum absolute atomic E-state index is 15.1. The second-order valence-corrected chi connectivity index (χ2v) is 7.97. The number of ether oxygens (including phenoxy) is 1. The number of alkyl halides is 3. The number of aromatic amines is 1. The van der Waals surface area contributed by atoms with Gasteiger partial charge in [-0.2, -0.15) is 18.4 Å². The minimum Gasteiger partial charge on any atom is -0.475 e. The predicted octanol–water partition coefficient (Wildman–Crippen LogP) is 6.08. The van der Waals surface area contributed by atoms with Crippen molar-refractivity contribution in [2.45, 2.75) is 12.7 Å². The Balaban J connectivity index is 0.000000572. The number of benzene rings is 2. The van der Waals surface area contributed by atoms with Crippen molar-refractivity contribution in [1.82, 2.24) is 14.9 Å². The first-order valence-electron chi connectivity index (χ1n) is 9.34. The number of halogens is 7. The van der Waals surface area contributed by atoms with Crippen LogP contribution in [-0.2, 0) is 11.3 Å². The van der Waals surface area contributed by atoms with Crippen molar-refractivity contribution in [1.29, 1.82) is 5.26 Å². The highest BCUT2D eigenvalue weighted by atomic mass is 35.5. The van der Waals surface area contributed by atoms with E-state index in [9.17, 15) is 18.0 Å². The van der Waals surface area contributed by atoms with Gasteiger partial charge in [0.25, 0.3) is 5.91 Å². The number of carbonyl (C=O) groups excluding carboxylic acids is 1. The van der Waals surface area contributed by atoms with Gasteiger partial charge in [0.15, 0.2) is 16.7 Å². The van der Waals surface area contributed by atoms with Crippen LogP contribution in [0.1, 0.15) is 21.6 Å². The lowest BCUT2D eigenvalue weighted by atomic mass is 10.1. The summed E-state index contributed by atoms with van der Waals surface area (Å²) < 4.78 is 52.3. The van der Waals surface area contributed by atoms with Crippen LogP contribution < -0.4 is 4.74 Å². The second kappa shape index (κ2) is 11.9. The van der Waals surface area contributed by atoms with Gasteiger partial charge in [-0.3, -0.25) is 4.79 Å². The van der Waals surface area contributed by atoms with Gasteiger partial charge >= 0.3 is 12.1 Å². The smallest absolute Gasteiger partial charge is 0.475 e. The average Bonchev–Trinajstić information content (AvgIpc) is 3.23. The van der Waals surface area contributed by atoms with Gasteiger partial charge in [0.05, 0.1) is 23.0 Å². The maximum atomic E-state index is 15.1. The van der Waals surface area contributed by atoms with E-state index in [1.165, 1.54) is 48.6 Å². The number of nitrogens with zero attached hydrogens (tertiary/aromatic N) is 3. The lowest BCUT2D eigenvalue weighted by Crippen LogP contribution is -2.27. The van der Waals surface area contributed by atoms with Gasteiger partial charge in [-0.15, -0.1) is 0 Å². The number of nitriles is 1. The normalized spacial score (nSPS) is 10.6. The zero-order chi connectivity index (χ0) is 27.2. The van der Waals surface area contributed by atoms with Crippen LogP contribution in [-0.4, -0.2) is 45.1 Å². The fourth-order valence-electron chi connectivity index (χ4n) is 2.54. The Morgan fingerprint density at radius 2 is 1.86 bits per heavy atom. The molecule has 36 heavy (non-hydrogen) atoms. The Morgan fingerprint density at radius 3 is 2.39 bits per heavy atom. The molecule has 2 aromatic carbocycles. The third kappa shape index (κ3) is 7.48. The van der Waals surface area contributed by atoms with Crippen molar-refractivity contribution in [3.8, 4) is 17.6 Å². The summed E-state index contributed by atoms with van der Waals surface area (Å²) in [7, 11) is 1.49. The van der Waals surface area contributed by atoms with E-state index in [1.807, 2.05) is 6.07 Å². The Kier molecular flexibility index (Phi) is 9.52. The van der Waals surface area contributed by atoms with Gasteiger partial charge in [-0.25, -0.2) is 14.2 Å². The lowest BCUT2D eigenvalue weighted by Gasteiger charge is -2.18. The number of rotatable bonds is 5. The summed E-state index contributed by atoms with van der Waals surface area (Å²) in [5.74, 6) is -4.05. The van der Waals surface area contributed by atoms with E-state index in [0.29, 0.717) is 0 Å². The molecule has 190 valence electrons. The van der Waals surface area contributed by atoms with Crippen LogP contribution in [0.4, 0.5) is 17.6 Å². The van der Waals surface area contributed by atoms with Crippen LogP contribution in [0.2, 0.25) is 15.2 Å². The quantitative estimate of drug-likeness (QED) is 0.361. The number of carboxylic acids is 1. The molecule has 15 heteroatoms. The molecule has 0 atom stereocenters. The van der Waals surface area contributed by atoms with Gasteiger partial charge in [0.2, 0.25) is 0 Å². The van der Waals surface area contributed by atoms with Crippen molar-refractivity contribution in [2.75, 3.05) is 7.05 Å². The number of amides is 1. The molecule has 0 fully saturated rings. The van der Waals surface area contributed by atoms with E-state index in [0.717, 1.165) is 0 Å². The Hall–Kier alpha value is -3.53. The Morgan fingerprint density at radius 1 is 1.22 bits per heavy atom. The predicted molar refractivity (Wildman–Crippen MR) is 121 cm³/mol. The van der Waals surface area contributed by atoms with Crippen LogP contribution in [0.15, 0.2) is 36.7 Å². The second-order valence-electron chi connectivity index (χ2n) is 6.77. The molecule has 8 nitrogen and oxygen atoms in total. The zero-order valence-electron chi connectivity index (χ0n) is 17.8. The Labute approximate surface area is 215 Å². The summed E-state index contributed by atoms with van der Waals surface area (Å²) in [6.07, 6.45) is -3.79. The summed E-state index contributed by atoms with van der Waals surface area (Å²) in [6.45, 7) is -0.0768. The summed E-state index contributed by atoms with van der Waals surface area (Å²) in [5, 5.41) is 16.5. The number of hydrogen-bond donors (Lipinski definition) is 2. The molecule has 1 aromatic heterocycles. The van der Waals surface area contributed by atoms with Gasteiger partial charge in [-0.1, -0.05) is 40.9 Å². The highest BCUT2D eigenvalue weighted by molar-refractivity contribution is 6.32. The molecule has 0 saturated heterocycles. The summed E-state index contributed by atoms with van der Waals surface area (Å²) >= 11 is 17.9. The molecular formula is C21H13Cl3F4N4O4. The molecule has 0 bridgehead atoms. The number of aromatic nitrogens is 2. The molecule has 0 spiro atoms. The van der Waals surface area contributed by atoms with E-state index < -0.39 is 23.9 Å². The molecule has 3 rings (SSSR count). The fraction of sp³-hybridized carbons (Fsp3) is 0.143. The number of nitrogens with one attached hydrogen (secondary N) is 1. The third-order valence-corrected chi connectivity index (χ3v) is 4.96. The molecule has 0 aliphatic rings. The summed E-state index contributed by atoms with van der Waals surface area (Å²) in [6, 6.07) is 9.12. The molecule has 1 amide bonds. The summed E-state index contributed by atoms with van der Waals surface area (Å²) in [4.78, 5) is 29.0. The monoisotopic (exact) mass is 566 g/mol. The van der Waals surface area contributed by atoms with Gasteiger partial charge in [0, 0.05) is 24.2 Å². The van der Waals surface area contributed by atoms with Crippen LogP contribution in [0, 0.1) is 17.1 Å². The lowest BCUT2D eigenvalue weighted by molar-refractivity contribution is -0.192. The van der Waals surface area contributed by atoms with Crippen LogP contribution in [0.5, 0.6) is 11.5 Å². The maximum Gasteiger partial charge on any atom is 0.490 e. The van der Waals surface area contributed by atoms with E-state index in [-0.39, 0.29) is 50.1 Å². The highest BCUT2D eigenvalue weighted by Gasteiger charge is 2.38. The molecule has 0 aliphatic carbocycles. The molecule has 3 aromatic rings. The van der Waals surface area contributed by atoms with E-state index >= 15 is 4.39 Å². The minimum absolute atomic E-state index is 0.0234. The molecule has 0 aliphatic heterocycles. The molecular weight excluding hydrogens is 555 g/mol. The summed E-state index contributed by atoms with van der Waals surface area (Å²) in [5.41, 5.74) is 0.517. The standard InChI is InChI=1S/C19H12Cl3FN4O2.C2HF3O2/c1-27(19(28)16-18(22)26-9-25-16)8-11-2-3-14(21)17(15(11)23)29-13-5-10(7-24)4-12(20)6-13;3-2(4,5)1(6)7/h2-6,9H,8H2,1H3,(H,25,26);(H,6,7). The molecule has 0 unspecified atom stereocenters. The van der Waals surface area contributed by atoms with E-state index in [4.69, 9.17) is 54.7 Å². The first-order chi connectivity index (χ1) is 16.7. The third-order valence-electron chi connectivity index (χ3n) is 4.15. The molecule has 1 heterocycles. The average molecular weight is 568 g/mol. The first-order valence-corrected chi connectivity index (χ1v) is 10.5. The van der Waals surface area contributed by atoms with Crippen molar-refractivity contribution >= 4 is 46.7 Å². The number of carboxylic acid groups (broad SMARTS) is 1. The van der Waals surface area contributed by atoms with Crippen molar-refractivity contribution in [3.63, 3.8) is 0 Å². The van der Waals surface area contributed by atoms with Crippen LogP contribution in [0.25, 0.3) is 0 Å². The van der Waals surface area contributed by atoms with Crippen molar-refractivity contribution in [3.05, 3.63) is 74.5 Å². The topological polar surface area (TPSA) is 119 Å². The highest BCUT2D eigenvalue weighted by Crippen LogP contribution is 2.35. The molecule has 0 saturated carbocycles. The fourth-order valence-corrected chi connectivity index (χ4v) is 3.13. The number of imidazole rings is 1. The number of carbonyl (C=O) groups is 2. The Bertz CT molecular complexity index is 1330. The number of H-pyrrole nitrogens is 1. The van der Waals surface area contributed by atoms with Crippen LogP contribution in [0.3, 0.4) is 0 Å². The van der Waals surface area contributed by atoms with E-state index in [1.54, 1.807) is 0 Å². The first kappa shape index (κ1) is 28.7. The SMILES string of the molecule is CN(Cc1ccc(Cl)c(Oc2cc(Cl)cc(C#N)c2)c1F)C(=O)c1[nH]cnc1Cl.O=C(O)C(F)(F)F. The minimum atomic E-state index is -5.08. The number of aliphatic carboxylic acids is 1. The molecule has 2 N–H and O–H groups in total. The van der Waals surface area contributed by atoms with E-state index in [2.05, 4.69) is 9.97 Å². The zero-order valence-corrected chi connectivity index (χ0v) is 20.1. The van der Waals surface area contributed by atoms with Gasteiger partial charge in [0.1, 0.15) is 11.4 Å².